The average molecular weight is 265 g/mol. The first-order valence-electron chi connectivity index (χ1n) is 6.52. The molecule has 1 heterocycles. The Morgan fingerprint density at radius 3 is 2.84 bits per heavy atom. The molecule has 6 nitrogen and oxygen atoms in total. The average Bonchev–Trinajstić information content (AvgIpc) is 3.17. The molecule has 1 aromatic heterocycles. The fraction of sp³-hybridized carbons (Fsp3) is 0.615. The molecule has 0 saturated heterocycles. The molecule has 1 aromatic rings. The minimum Gasteiger partial charge on any atom is -0.479 e. The smallest absolute Gasteiger partial charge is 0.341 e. The summed E-state index contributed by atoms with van der Waals surface area (Å²) in [5.74, 6) is 0.751. The molecule has 0 radical (unpaired) electrons. The first-order valence-corrected chi connectivity index (χ1v) is 6.52. The lowest BCUT2D eigenvalue weighted by atomic mass is 10.1. The second-order valence-electron chi connectivity index (χ2n) is 5.12. The van der Waals surface area contributed by atoms with Crippen LogP contribution in [-0.2, 0) is 4.79 Å². The van der Waals surface area contributed by atoms with E-state index in [2.05, 4.69) is 15.3 Å². The molecule has 2 N–H and O–H groups in total. The number of ether oxygens (including phenoxy) is 1. The zero-order chi connectivity index (χ0) is 13.8. The molecule has 1 aliphatic carbocycles. The number of carboxylic acids is 1. The maximum atomic E-state index is 10.5. The van der Waals surface area contributed by atoms with Crippen molar-refractivity contribution in [3.05, 3.63) is 11.8 Å². The van der Waals surface area contributed by atoms with Crippen molar-refractivity contribution in [3.63, 3.8) is 0 Å². The Bertz CT molecular complexity index is 458. The molecule has 0 unspecified atom stereocenters. The van der Waals surface area contributed by atoms with Gasteiger partial charge in [-0.3, -0.25) is 0 Å². The molecule has 0 amide bonds. The van der Waals surface area contributed by atoms with E-state index in [0.717, 1.165) is 18.2 Å². The zero-order valence-corrected chi connectivity index (χ0v) is 11.2. The normalized spacial score (nSPS) is 14.5. The Morgan fingerprint density at radius 2 is 2.26 bits per heavy atom. The van der Waals surface area contributed by atoms with Crippen molar-refractivity contribution in [1.82, 2.24) is 9.97 Å². The number of nitrogens with one attached hydrogen (secondary N) is 1. The van der Waals surface area contributed by atoms with E-state index in [0.29, 0.717) is 11.8 Å². The van der Waals surface area contributed by atoms with E-state index in [-0.39, 0.29) is 5.92 Å². The molecule has 0 bridgehead atoms. The molecular weight excluding hydrogens is 246 g/mol. The van der Waals surface area contributed by atoms with Gasteiger partial charge in [0, 0.05) is 12.6 Å². The maximum absolute atomic E-state index is 10.5. The Hall–Kier alpha value is -1.85. The summed E-state index contributed by atoms with van der Waals surface area (Å²) in [7, 11) is 0. The molecule has 19 heavy (non-hydrogen) atoms. The van der Waals surface area contributed by atoms with Gasteiger partial charge >= 0.3 is 5.97 Å². The van der Waals surface area contributed by atoms with E-state index >= 15 is 0 Å². The van der Waals surface area contributed by atoms with Crippen LogP contribution in [0.2, 0.25) is 0 Å². The molecule has 0 spiro atoms. The number of rotatable bonds is 7. The third kappa shape index (κ3) is 4.39. The van der Waals surface area contributed by atoms with Crippen LogP contribution in [0, 0.1) is 5.92 Å². The molecule has 104 valence electrons. The van der Waals surface area contributed by atoms with Crippen LogP contribution in [0.4, 0.5) is 5.95 Å². The molecule has 0 aromatic carbocycles. The predicted molar refractivity (Wildman–Crippen MR) is 70.5 cm³/mol. The largest absolute Gasteiger partial charge is 0.479 e. The molecule has 1 fully saturated rings. The van der Waals surface area contributed by atoms with E-state index in [9.17, 15) is 4.79 Å². The summed E-state index contributed by atoms with van der Waals surface area (Å²) in [6.07, 6.45) is 2.50. The van der Waals surface area contributed by atoms with Crippen LogP contribution in [-0.4, -0.2) is 34.2 Å². The van der Waals surface area contributed by atoms with E-state index in [1.54, 1.807) is 6.07 Å². The molecule has 0 aliphatic heterocycles. The van der Waals surface area contributed by atoms with Crippen molar-refractivity contribution in [3.8, 4) is 5.88 Å². The summed E-state index contributed by atoms with van der Waals surface area (Å²) in [4.78, 5) is 19.1. The van der Waals surface area contributed by atoms with Gasteiger partial charge in [0.2, 0.25) is 11.8 Å². The monoisotopic (exact) mass is 265 g/mol. The standard InChI is InChI=1S/C13H19N3O3/c1-8(2)10-5-11(19-7-12(17)18)16-13(15-10)14-6-9-3-4-9/h5,8-9H,3-4,6-7H2,1-2H3,(H,17,18)(H,14,15,16). The van der Waals surface area contributed by atoms with Crippen molar-refractivity contribution in [2.75, 3.05) is 18.5 Å². The minimum atomic E-state index is -1.02. The van der Waals surface area contributed by atoms with Crippen LogP contribution in [0.25, 0.3) is 0 Å². The summed E-state index contributed by atoms with van der Waals surface area (Å²) in [5.41, 5.74) is 0.841. The number of hydrogen-bond donors (Lipinski definition) is 2. The van der Waals surface area contributed by atoms with Gasteiger partial charge in [-0.05, 0) is 24.7 Å². The van der Waals surface area contributed by atoms with E-state index in [1.807, 2.05) is 13.8 Å². The van der Waals surface area contributed by atoms with E-state index < -0.39 is 12.6 Å². The molecule has 1 saturated carbocycles. The van der Waals surface area contributed by atoms with Crippen molar-refractivity contribution >= 4 is 11.9 Å². The van der Waals surface area contributed by atoms with Gasteiger partial charge in [-0.2, -0.15) is 4.98 Å². The van der Waals surface area contributed by atoms with Gasteiger partial charge in [0.25, 0.3) is 0 Å². The van der Waals surface area contributed by atoms with Crippen LogP contribution in [0.3, 0.4) is 0 Å². The van der Waals surface area contributed by atoms with Gasteiger partial charge in [-0.1, -0.05) is 13.8 Å². The molecule has 6 heteroatoms. The van der Waals surface area contributed by atoms with Crippen molar-refractivity contribution in [1.29, 1.82) is 0 Å². The quantitative estimate of drug-likeness (QED) is 0.783. The second kappa shape index (κ2) is 5.86. The molecule has 0 atom stereocenters. The van der Waals surface area contributed by atoms with Gasteiger partial charge in [0.1, 0.15) is 0 Å². The Balaban J connectivity index is 2.08. The van der Waals surface area contributed by atoms with Crippen molar-refractivity contribution < 1.29 is 14.6 Å². The van der Waals surface area contributed by atoms with Gasteiger partial charge < -0.3 is 15.2 Å². The highest BCUT2D eigenvalue weighted by atomic mass is 16.5. The highest BCUT2D eigenvalue weighted by molar-refractivity contribution is 5.68. The number of hydrogen-bond acceptors (Lipinski definition) is 5. The minimum absolute atomic E-state index is 0.233. The molecular formula is C13H19N3O3. The first-order chi connectivity index (χ1) is 9.04. The number of aliphatic carboxylic acids is 1. The number of anilines is 1. The lowest BCUT2D eigenvalue weighted by Crippen LogP contribution is -2.13. The summed E-state index contributed by atoms with van der Waals surface area (Å²) in [6, 6.07) is 1.69. The first kappa shape index (κ1) is 13.6. The Labute approximate surface area is 112 Å². The summed E-state index contributed by atoms with van der Waals surface area (Å²) >= 11 is 0. The molecule has 2 rings (SSSR count). The van der Waals surface area contributed by atoms with Gasteiger partial charge in [-0.15, -0.1) is 0 Å². The number of nitrogens with zero attached hydrogens (tertiary/aromatic N) is 2. The molecule has 1 aliphatic rings. The number of aromatic nitrogens is 2. The Kier molecular flexibility index (Phi) is 4.19. The van der Waals surface area contributed by atoms with Crippen molar-refractivity contribution in [2.24, 2.45) is 5.92 Å². The van der Waals surface area contributed by atoms with Crippen LogP contribution in [0.5, 0.6) is 5.88 Å². The third-order valence-electron chi connectivity index (χ3n) is 2.90. The summed E-state index contributed by atoms with van der Waals surface area (Å²) < 4.78 is 5.13. The number of carboxylic acid groups (broad SMARTS) is 1. The highest BCUT2D eigenvalue weighted by Crippen LogP contribution is 2.29. The third-order valence-corrected chi connectivity index (χ3v) is 2.90. The fourth-order valence-electron chi connectivity index (χ4n) is 1.58. The van der Waals surface area contributed by atoms with Crippen molar-refractivity contribution in [2.45, 2.75) is 32.6 Å². The second-order valence-corrected chi connectivity index (χ2v) is 5.12. The summed E-state index contributed by atoms with van der Waals surface area (Å²) in [5, 5.41) is 11.8. The van der Waals surface area contributed by atoms with Crippen LogP contribution < -0.4 is 10.1 Å². The maximum Gasteiger partial charge on any atom is 0.341 e. The summed E-state index contributed by atoms with van der Waals surface area (Å²) in [6.45, 7) is 4.51. The van der Waals surface area contributed by atoms with E-state index in [4.69, 9.17) is 9.84 Å². The van der Waals surface area contributed by atoms with Gasteiger partial charge in [0.15, 0.2) is 6.61 Å². The van der Waals surface area contributed by atoms with Gasteiger partial charge in [-0.25, -0.2) is 9.78 Å². The number of carbonyl (C=O) groups is 1. The van der Waals surface area contributed by atoms with Crippen LogP contribution >= 0.6 is 0 Å². The highest BCUT2D eigenvalue weighted by Gasteiger charge is 2.21. The van der Waals surface area contributed by atoms with Crippen LogP contribution in [0.15, 0.2) is 6.07 Å². The van der Waals surface area contributed by atoms with Crippen LogP contribution in [0.1, 0.15) is 38.3 Å². The SMILES string of the molecule is CC(C)c1cc(OCC(=O)O)nc(NCC2CC2)n1. The van der Waals surface area contributed by atoms with E-state index in [1.165, 1.54) is 12.8 Å². The zero-order valence-electron chi connectivity index (χ0n) is 11.2. The van der Waals surface area contributed by atoms with Gasteiger partial charge in [0.05, 0.1) is 5.69 Å². The lowest BCUT2D eigenvalue weighted by molar-refractivity contribution is -0.139. The Morgan fingerprint density at radius 1 is 1.53 bits per heavy atom. The fourth-order valence-corrected chi connectivity index (χ4v) is 1.58. The predicted octanol–water partition coefficient (Wildman–Crippen LogP) is 1.89. The lowest BCUT2D eigenvalue weighted by Gasteiger charge is -2.11. The topological polar surface area (TPSA) is 84.3 Å².